The summed E-state index contributed by atoms with van der Waals surface area (Å²) >= 11 is 0. The molecule has 3 amide bonds. The fourth-order valence-electron chi connectivity index (χ4n) is 3.83. The Morgan fingerprint density at radius 1 is 1.19 bits per heavy atom. The summed E-state index contributed by atoms with van der Waals surface area (Å²) in [6.45, 7) is 4.45. The van der Waals surface area contributed by atoms with E-state index in [1.54, 1.807) is 4.90 Å². The van der Waals surface area contributed by atoms with Crippen molar-refractivity contribution in [2.24, 2.45) is 5.92 Å². The highest BCUT2D eigenvalue weighted by Gasteiger charge is 2.38. The standard InChI is InChI=1S/C19H24N4O3/c24-17-4-3-16(18(25)22-17)23-11-14-7-12(1-2-15(14)19(23)26)8-20-6-5-13-9-21-10-13/h1-2,7,13,16,20-21H,3-6,8-11H2,(H,22,24,25). The van der Waals surface area contributed by atoms with Gasteiger partial charge in [0.2, 0.25) is 11.8 Å². The summed E-state index contributed by atoms with van der Waals surface area (Å²) in [5, 5.41) is 9.07. The molecule has 1 aromatic rings. The summed E-state index contributed by atoms with van der Waals surface area (Å²) in [5.41, 5.74) is 2.77. The van der Waals surface area contributed by atoms with E-state index in [4.69, 9.17) is 0 Å². The molecule has 138 valence electrons. The molecule has 26 heavy (non-hydrogen) atoms. The minimum Gasteiger partial charge on any atom is -0.322 e. The summed E-state index contributed by atoms with van der Waals surface area (Å²) in [7, 11) is 0. The second kappa shape index (κ2) is 7.17. The van der Waals surface area contributed by atoms with Gasteiger partial charge in [0, 0.05) is 25.1 Å². The molecule has 7 nitrogen and oxygen atoms in total. The molecular weight excluding hydrogens is 332 g/mol. The minimum absolute atomic E-state index is 0.119. The number of imide groups is 1. The Hall–Kier alpha value is -2.25. The van der Waals surface area contributed by atoms with E-state index in [9.17, 15) is 14.4 Å². The first-order valence-electron chi connectivity index (χ1n) is 9.29. The molecule has 1 atom stereocenters. The summed E-state index contributed by atoms with van der Waals surface area (Å²) in [5.74, 6) is 0.0462. The second-order valence-electron chi connectivity index (χ2n) is 7.38. The highest BCUT2D eigenvalue weighted by molar-refractivity contribution is 6.05. The van der Waals surface area contributed by atoms with E-state index in [-0.39, 0.29) is 24.1 Å². The van der Waals surface area contributed by atoms with Gasteiger partial charge >= 0.3 is 0 Å². The van der Waals surface area contributed by atoms with Crippen molar-refractivity contribution in [3.8, 4) is 0 Å². The van der Waals surface area contributed by atoms with Gasteiger partial charge in [-0.25, -0.2) is 0 Å². The Balaban J connectivity index is 1.36. The van der Waals surface area contributed by atoms with Gasteiger partial charge in [0.05, 0.1) is 0 Å². The molecule has 4 rings (SSSR count). The van der Waals surface area contributed by atoms with Crippen molar-refractivity contribution in [2.45, 2.75) is 38.4 Å². The Kier molecular flexibility index (Phi) is 4.74. The van der Waals surface area contributed by atoms with Crippen LogP contribution in [0.1, 0.15) is 40.7 Å². The third-order valence-corrected chi connectivity index (χ3v) is 5.51. The number of hydrogen-bond donors (Lipinski definition) is 3. The summed E-state index contributed by atoms with van der Waals surface area (Å²) in [6, 6.07) is 5.33. The lowest BCUT2D eigenvalue weighted by atomic mass is 9.99. The molecule has 1 aromatic carbocycles. The zero-order valence-electron chi connectivity index (χ0n) is 14.7. The van der Waals surface area contributed by atoms with Crippen LogP contribution in [0.25, 0.3) is 0 Å². The van der Waals surface area contributed by atoms with E-state index in [0.29, 0.717) is 18.5 Å². The SMILES string of the molecule is O=C1CCC(N2Cc3cc(CNCCC4CNC4)ccc3C2=O)C(=O)N1. The van der Waals surface area contributed by atoms with Gasteiger partial charge in [-0.05, 0) is 55.6 Å². The molecule has 2 fully saturated rings. The normalized spacial score (nSPS) is 23.0. The minimum atomic E-state index is -0.551. The molecule has 2 saturated heterocycles. The molecule has 0 bridgehead atoms. The number of carbonyl (C=O) groups is 3. The van der Waals surface area contributed by atoms with Gasteiger partial charge < -0.3 is 15.5 Å². The number of hydrogen-bond acceptors (Lipinski definition) is 5. The first-order valence-corrected chi connectivity index (χ1v) is 9.29. The van der Waals surface area contributed by atoms with Crippen LogP contribution in [0.2, 0.25) is 0 Å². The first kappa shape index (κ1) is 17.2. The molecule has 1 unspecified atom stereocenters. The van der Waals surface area contributed by atoms with Crippen molar-refractivity contribution in [2.75, 3.05) is 19.6 Å². The lowest BCUT2D eigenvalue weighted by molar-refractivity contribution is -0.136. The number of nitrogens with one attached hydrogen (secondary N) is 3. The summed E-state index contributed by atoms with van der Waals surface area (Å²) < 4.78 is 0. The maximum atomic E-state index is 12.6. The number of rotatable bonds is 6. The number of benzene rings is 1. The van der Waals surface area contributed by atoms with Crippen LogP contribution >= 0.6 is 0 Å². The molecule has 3 aliphatic heterocycles. The van der Waals surface area contributed by atoms with Crippen molar-refractivity contribution in [1.82, 2.24) is 20.9 Å². The second-order valence-corrected chi connectivity index (χ2v) is 7.38. The zero-order chi connectivity index (χ0) is 18.1. The van der Waals surface area contributed by atoms with Crippen molar-refractivity contribution in [1.29, 1.82) is 0 Å². The summed E-state index contributed by atoms with van der Waals surface area (Å²) in [6.07, 6.45) is 1.86. The number of nitrogens with zero attached hydrogens (tertiary/aromatic N) is 1. The van der Waals surface area contributed by atoms with Crippen LogP contribution < -0.4 is 16.0 Å². The van der Waals surface area contributed by atoms with Gasteiger partial charge in [-0.1, -0.05) is 12.1 Å². The molecule has 0 saturated carbocycles. The van der Waals surface area contributed by atoms with Crippen LogP contribution in [0.5, 0.6) is 0 Å². The van der Waals surface area contributed by atoms with E-state index < -0.39 is 6.04 Å². The molecule has 0 spiro atoms. The Morgan fingerprint density at radius 3 is 2.77 bits per heavy atom. The Bertz CT molecular complexity index is 744. The molecule has 7 heteroatoms. The molecule has 3 aliphatic rings. The van der Waals surface area contributed by atoms with E-state index >= 15 is 0 Å². The lowest BCUT2D eigenvalue weighted by Gasteiger charge is -2.29. The maximum Gasteiger partial charge on any atom is 0.255 e. The van der Waals surface area contributed by atoms with Gasteiger partial charge in [0.25, 0.3) is 5.91 Å². The van der Waals surface area contributed by atoms with Crippen LogP contribution in [0, 0.1) is 5.92 Å². The smallest absolute Gasteiger partial charge is 0.255 e. The molecule has 3 heterocycles. The van der Waals surface area contributed by atoms with Crippen LogP contribution in [-0.4, -0.2) is 48.3 Å². The predicted molar refractivity (Wildman–Crippen MR) is 95.2 cm³/mol. The third-order valence-electron chi connectivity index (χ3n) is 5.51. The van der Waals surface area contributed by atoms with Gasteiger partial charge in [-0.15, -0.1) is 0 Å². The fourth-order valence-corrected chi connectivity index (χ4v) is 3.83. The van der Waals surface area contributed by atoms with E-state index in [1.807, 2.05) is 12.1 Å². The number of carbonyl (C=O) groups excluding carboxylic acids is 3. The average Bonchev–Trinajstić information content (AvgIpc) is 2.89. The average molecular weight is 356 g/mol. The van der Waals surface area contributed by atoms with Crippen molar-refractivity contribution in [3.63, 3.8) is 0 Å². The zero-order valence-corrected chi connectivity index (χ0v) is 14.7. The van der Waals surface area contributed by atoms with Crippen LogP contribution in [0.3, 0.4) is 0 Å². The highest BCUT2D eigenvalue weighted by atomic mass is 16.2. The topological polar surface area (TPSA) is 90.5 Å². The maximum absolute atomic E-state index is 12.6. The van der Waals surface area contributed by atoms with Gasteiger partial charge in [0.15, 0.2) is 0 Å². The van der Waals surface area contributed by atoms with Crippen LogP contribution in [-0.2, 0) is 22.7 Å². The van der Waals surface area contributed by atoms with E-state index in [1.165, 1.54) is 6.42 Å². The quantitative estimate of drug-likeness (QED) is 0.499. The largest absolute Gasteiger partial charge is 0.322 e. The fraction of sp³-hybridized carbons (Fsp3) is 0.526. The predicted octanol–water partition coefficient (Wildman–Crippen LogP) is 0.147. The van der Waals surface area contributed by atoms with E-state index in [0.717, 1.165) is 43.2 Å². The Labute approximate surface area is 152 Å². The van der Waals surface area contributed by atoms with Crippen molar-refractivity contribution >= 4 is 17.7 Å². The number of piperidine rings is 1. The molecule has 0 aromatic heterocycles. The first-order chi connectivity index (χ1) is 12.6. The highest BCUT2D eigenvalue weighted by Crippen LogP contribution is 2.28. The third kappa shape index (κ3) is 3.37. The monoisotopic (exact) mass is 356 g/mol. The lowest BCUT2D eigenvalue weighted by Crippen LogP contribution is -2.52. The molecule has 0 radical (unpaired) electrons. The number of fused-ring (bicyclic) bond motifs is 1. The van der Waals surface area contributed by atoms with E-state index in [2.05, 4.69) is 22.0 Å². The van der Waals surface area contributed by atoms with Crippen LogP contribution in [0.15, 0.2) is 18.2 Å². The van der Waals surface area contributed by atoms with Crippen LogP contribution in [0.4, 0.5) is 0 Å². The molecular formula is C19H24N4O3. The molecule has 3 N–H and O–H groups in total. The van der Waals surface area contributed by atoms with Gasteiger partial charge in [0.1, 0.15) is 6.04 Å². The van der Waals surface area contributed by atoms with Crippen molar-refractivity contribution in [3.05, 3.63) is 34.9 Å². The molecule has 0 aliphatic carbocycles. The van der Waals surface area contributed by atoms with Gasteiger partial charge in [-0.2, -0.15) is 0 Å². The summed E-state index contributed by atoms with van der Waals surface area (Å²) in [4.78, 5) is 37.6. The number of amides is 3. The van der Waals surface area contributed by atoms with Gasteiger partial charge in [-0.3, -0.25) is 19.7 Å². The van der Waals surface area contributed by atoms with Crippen molar-refractivity contribution < 1.29 is 14.4 Å². The Morgan fingerprint density at radius 2 is 2.04 bits per heavy atom.